The number of carbonyl (C=O) groups excluding carboxylic acids is 1. The van der Waals surface area contributed by atoms with Crippen LogP contribution >= 0.6 is 0 Å². The van der Waals surface area contributed by atoms with Gasteiger partial charge in [-0.25, -0.2) is 0 Å². The van der Waals surface area contributed by atoms with Crippen LogP contribution in [0.3, 0.4) is 0 Å². The second kappa shape index (κ2) is 10.6. The zero-order valence-corrected chi connectivity index (χ0v) is 17.0. The molecule has 0 aromatic heterocycles. The van der Waals surface area contributed by atoms with Crippen LogP contribution < -0.4 is 10.6 Å². The Morgan fingerprint density at radius 2 is 1.70 bits per heavy atom. The highest BCUT2D eigenvalue weighted by Crippen LogP contribution is 2.34. The van der Waals surface area contributed by atoms with Gasteiger partial charge in [0.05, 0.1) is 16.8 Å². The summed E-state index contributed by atoms with van der Waals surface area (Å²) in [5, 5.41) is 13.5. The molecular formula is C23H26F3N3O. The Balaban J connectivity index is 2.08. The van der Waals surface area contributed by atoms with E-state index < -0.39 is 17.6 Å². The number of carbonyl (C=O) groups is 1. The SMILES string of the molecule is CC(C)C(=N)/C(=C\NCCCc1ccccc1)C(=O)Nc1ccccc1C(F)(F)F. The third-order valence-electron chi connectivity index (χ3n) is 4.47. The van der Waals surface area contributed by atoms with Crippen LogP contribution in [0.25, 0.3) is 0 Å². The van der Waals surface area contributed by atoms with Gasteiger partial charge in [0.25, 0.3) is 5.91 Å². The van der Waals surface area contributed by atoms with Crippen molar-refractivity contribution in [1.82, 2.24) is 5.32 Å². The Bertz CT molecular complexity index is 890. The van der Waals surface area contributed by atoms with Crippen molar-refractivity contribution in [1.29, 1.82) is 5.41 Å². The van der Waals surface area contributed by atoms with Gasteiger partial charge in [0.15, 0.2) is 0 Å². The van der Waals surface area contributed by atoms with Crippen molar-refractivity contribution in [2.24, 2.45) is 5.92 Å². The molecule has 0 saturated carbocycles. The molecular weight excluding hydrogens is 391 g/mol. The molecule has 0 aliphatic rings. The predicted octanol–water partition coefficient (Wildman–Crippen LogP) is 5.43. The average molecular weight is 417 g/mol. The largest absolute Gasteiger partial charge is 0.418 e. The zero-order chi connectivity index (χ0) is 22.1. The van der Waals surface area contributed by atoms with Crippen molar-refractivity contribution in [2.45, 2.75) is 32.9 Å². The molecule has 0 aliphatic carbocycles. The van der Waals surface area contributed by atoms with Gasteiger partial charge in [-0.05, 0) is 36.5 Å². The first-order valence-corrected chi connectivity index (χ1v) is 9.74. The van der Waals surface area contributed by atoms with Gasteiger partial charge in [-0.3, -0.25) is 4.79 Å². The number of nitrogens with one attached hydrogen (secondary N) is 3. The van der Waals surface area contributed by atoms with Crippen molar-refractivity contribution >= 4 is 17.3 Å². The van der Waals surface area contributed by atoms with E-state index >= 15 is 0 Å². The fraction of sp³-hybridized carbons (Fsp3) is 0.304. The van der Waals surface area contributed by atoms with Gasteiger partial charge in [0.1, 0.15) is 0 Å². The summed E-state index contributed by atoms with van der Waals surface area (Å²) in [6.45, 7) is 4.07. The van der Waals surface area contributed by atoms with Crippen LogP contribution in [0.1, 0.15) is 31.4 Å². The minimum atomic E-state index is -4.59. The molecule has 2 rings (SSSR count). The van der Waals surface area contributed by atoms with E-state index in [4.69, 9.17) is 5.41 Å². The smallest absolute Gasteiger partial charge is 0.390 e. The molecule has 0 fully saturated rings. The van der Waals surface area contributed by atoms with Crippen LogP contribution in [0.4, 0.5) is 18.9 Å². The number of hydrogen-bond donors (Lipinski definition) is 3. The van der Waals surface area contributed by atoms with Crippen LogP contribution in [0.2, 0.25) is 0 Å². The van der Waals surface area contributed by atoms with Gasteiger partial charge in [-0.2, -0.15) is 13.2 Å². The van der Waals surface area contributed by atoms with Crippen molar-refractivity contribution in [3.8, 4) is 0 Å². The molecule has 30 heavy (non-hydrogen) atoms. The third-order valence-corrected chi connectivity index (χ3v) is 4.47. The van der Waals surface area contributed by atoms with Crippen molar-refractivity contribution in [2.75, 3.05) is 11.9 Å². The summed E-state index contributed by atoms with van der Waals surface area (Å²) in [6, 6.07) is 14.7. The Morgan fingerprint density at radius 1 is 1.07 bits per heavy atom. The summed E-state index contributed by atoms with van der Waals surface area (Å²) >= 11 is 0. The van der Waals surface area contributed by atoms with Crippen LogP contribution in [-0.2, 0) is 17.4 Å². The summed E-state index contributed by atoms with van der Waals surface area (Å²) in [5.74, 6) is -1.01. The van der Waals surface area contributed by atoms with Gasteiger partial charge in [0.2, 0.25) is 0 Å². The molecule has 4 nitrogen and oxygen atoms in total. The Kier molecular flexibility index (Phi) is 8.21. The lowest BCUT2D eigenvalue weighted by molar-refractivity contribution is -0.137. The van der Waals surface area contributed by atoms with Crippen LogP contribution in [0.5, 0.6) is 0 Å². The molecule has 0 bridgehead atoms. The summed E-state index contributed by atoms with van der Waals surface area (Å²) in [5.41, 5.74) is 0.000275. The number of amides is 1. The Labute approximate surface area is 174 Å². The lowest BCUT2D eigenvalue weighted by atomic mass is 10.00. The average Bonchev–Trinajstić information content (AvgIpc) is 2.70. The minimum Gasteiger partial charge on any atom is -0.390 e. The first-order valence-electron chi connectivity index (χ1n) is 9.74. The van der Waals surface area contributed by atoms with Crippen molar-refractivity contribution < 1.29 is 18.0 Å². The molecule has 0 radical (unpaired) electrons. The first-order chi connectivity index (χ1) is 14.2. The number of benzene rings is 2. The summed E-state index contributed by atoms with van der Waals surface area (Å²) in [7, 11) is 0. The molecule has 160 valence electrons. The number of para-hydroxylation sites is 1. The van der Waals surface area contributed by atoms with Gasteiger partial charge in [-0.15, -0.1) is 0 Å². The van der Waals surface area contributed by atoms with E-state index in [1.165, 1.54) is 30.0 Å². The molecule has 1 amide bonds. The normalized spacial score (nSPS) is 12.0. The minimum absolute atomic E-state index is 0.0155. The lowest BCUT2D eigenvalue weighted by Gasteiger charge is -2.16. The number of alkyl halides is 3. The molecule has 0 aliphatic heterocycles. The first kappa shape index (κ1) is 23.2. The third kappa shape index (κ3) is 6.76. The Morgan fingerprint density at radius 3 is 2.33 bits per heavy atom. The van der Waals surface area contributed by atoms with Gasteiger partial charge in [0, 0.05) is 18.5 Å². The maximum atomic E-state index is 13.2. The highest BCUT2D eigenvalue weighted by molar-refractivity contribution is 6.24. The summed E-state index contributed by atoms with van der Waals surface area (Å²) in [6.07, 6.45) is -1.51. The number of anilines is 1. The monoisotopic (exact) mass is 417 g/mol. The maximum Gasteiger partial charge on any atom is 0.418 e. The van der Waals surface area contributed by atoms with E-state index in [0.717, 1.165) is 18.9 Å². The van der Waals surface area contributed by atoms with Crippen molar-refractivity contribution in [3.63, 3.8) is 0 Å². The molecule has 2 aromatic carbocycles. The highest BCUT2D eigenvalue weighted by atomic mass is 19.4. The zero-order valence-electron chi connectivity index (χ0n) is 17.0. The van der Waals surface area contributed by atoms with E-state index in [1.807, 2.05) is 30.3 Å². The molecule has 0 saturated heterocycles. The summed E-state index contributed by atoms with van der Waals surface area (Å²) < 4.78 is 39.6. The topological polar surface area (TPSA) is 65.0 Å². The molecule has 7 heteroatoms. The predicted molar refractivity (Wildman–Crippen MR) is 113 cm³/mol. The van der Waals surface area contributed by atoms with Crippen LogP contribution in [-0.4, -0.2) is 18.2 Å². The molecule has 0 unspecified atom stereocenters. The van der Waals surface area contributed by atoms with E-state index in [1.54, 1.807) is 13.8 Å². The lowest BCUT2D eigenvalue weighted by Crippen LogP contribution is -2.26. The fourth-order valence-corrected chi connectivity index (χ4v) is 2.82. The Hall–Kier alpha value is -3.09. The number of aryl methyl sites for hydroxylation is 1. The fourth-order valence-electron chi connectivity index (χ4n) is 2.82. The van der Waals surface area contributed by atoms with E-state index in [-0.39, 0.29) is 22.9 Å². The number of rotatable bonds is 9. The van der Waals surface area contributed by atoms with Gasteiger partial charge in [-0.1, -0.05) is 56.3 Å². The van der Waals surface area contributed by atoms with Crippen molar-refractivity contribution in [3.05, 3.63) is 77.5 Å². The molecule has 3 N–H and O–H groups in total. The second-order valence-corrected chi connectivity index (χ2v) is 7.17. The number of halogens is 3. The van der Waals surface area contributed by atoms with Gasteiger partial charge >= 0.3 is 6.18 Å². The van der Waals surface area contributed by atoms with Gasteiger partial charge < -0.3 is 16.0 Å². The highest BCUT2D eigenvalue weighted by Gasteiger charge is 2.34. The molecule has 0 atom stereocenters. The summed E-state index contributed by atoms with van der Waals surface area (Å²) in [4.78, 5) is 12.7. The molecule has 0 spiro atoms. The van der Waals surface area contributed by atoms with E-state index in [2.05, 4.69) is 10.6 Å². The van der Waals surface area contributed by atoms with Crippen LogP contribution in [0, 0.1) is 11.3 Å². The standard InChI is InChI=1S/C23H26F3N3O/c1-16(2)21(27)18(15-28-14-8-11-17-9-4-3-5-10-17)22(30)29-20-13-7-6-12-19(20)23(24,25)26/h3-7,9-10,12-13,15-16,27-28H,8,11,14H2,1-2H3,(H,29,30)/b18-15+,27-21?. The molecule has 0 heterocycles. The quantitative estimate of drug-likeness (QED) is 0.290. The maximum absolute atomic E-state index is 13.2. The number of hydrogen-bond acceptors (Lipinski definition) is 3. The van der Waals surface area contributed by atoms with E-state index in [9.17, 15) is 18.0 Å². The second-order valence-electron chi connectivity index (χ2n) is 7.17. The van der Waals surface area contributed by atoms with E-state index in [0.29, 0.717) is 6.54 Å². The van der Waals surface area contributed by atoms with Crippen LogP contribution in [0.15, 0.2) is 66.4 Å². The molecule has 2 aromatic rings.